The van der Waals surface area contributed by atoms with Gasteiger partial charge in [0.2, 0.25) is 5.91 Å². The van der Waals surface area contributed by atoms with E-state index in [1.165, 1.54) is 18.7 Å². The molecular weight excluding hydrogens is 546 g/mol. The van der Waals surface area contributed by atoms with Crippen LogP contribution in [0.5, 0.6) is 5.75 Å². The third kappa shape index (κ3) is 8.28. The number of carboxylic acids is 1. The number of rotatable bonds is 14. The molecule has 0 unspecified atom stereocenters. The van der Waals surface area contributed by atoms with Gasteiger partial charge in [0.05, 0.1) is 13.2 Å². The van der Waals surface area contributed by atoms with Crippen LogP contribution in [0, 0.1) is 11.6 Å². The van der Waals surface area contributed by atoms with Gasteiger partial charge in [-0.2, -0.15) is 0 Å². The molecule has 41 heavy (non-hydrogen) atoms. The van der Waals surface area contributed by atoms with Crippen molar-refractivity contribution in [1.82, 2.24) is 4.90 Å². The van der Waals surface area contributed by atoms with Gasteiger partial charge in [-0.1, -0.05) is 19.9 Å². The van der Waals surface area contributed by atoms with Crippen molar-refractivity contribution in [3.8, 4) is 5.75 Å². The zero-order valence-electron chi connectivity index (χ0n) is 23.4. The number of carbonyl (C=O) groups is 3. The summed E-state index contributed by atoms with van der Waals surface area (Å²) in [4.78, 5) is 39.1. The summed E-state index contributed by atoms with van der Waals surface area (Å²) in [7, 11) is 0. The first kappa shape index (κ1) is 32.0. The summed E-state index contributed by atoms with van der Waals surface area (Å²) >= 11 is 0. The van der Waals surface area contributed by atoms with Gasteiger partial charge in [-0.05, 0) is 60.7 Å². The van der Waals surface area contributed by atoms with Crippen LogP contribution >= 0.6 is 0 Å². The van der Waals surface area contributed by atoms with Crippen LogP contribution in [0.4, 0.5) is 17.6 Å². The number of hydrogen-bond acceptors (Lipinski definition) is 5. The SMILES string of the molecule is CCOc1ccc2c(c1)CCN(C(=O)CCCC(=O)O)[C@H]2C(=O)Cc1cc(F)c(C(C)(C)COCC(F)F)c(F)c1. The predicted molar refractivity (Wildman–Crippen MR) is 142 cm³/mol. The molecule has 2 aromatic rings. The lowest BCUT2D eigenvalue weighted by Crippen LogP contribution is -2.44. The molecule has 0 saturated heterocycles. The Morgan fingerprint density at radius 2 is 1.78 bits per heavy atom. The smallest absolute Gasteiger partial charge is 0.303 e. The molecule has 224 valence electrons. The Morgan fingerprint density at radius 1 is 1.10 bits per heavy atom. The topological polar surface area (TPSA) is 93.1 Å². The number of carbonyl (C=O) groups excluding carboxylic acids is 2. The van der Waals surface area contributed by atoms with Crippen molar-refractivity contribution in [2.75, 3.05) is 26.4 Å². The van der Waals surface area contributed by atoms with Crippen molar-refractivity contribution in [2.45, 2.75) is 70.8 Å². The molecule has 0 aliphatic carbocycles. The number of Topliss-reactive ketones (excluding diaryl/α,β-unsaturated/α-hetero) is 1. The summed E-state index contributed by atoms with van der Waals surface area (Å²) in [5.74, 6) is -3.15. The summed E-state index contributed by atoms with van der Waals surface area (Å²) in [5.41, 5.74) is -0.168. The molecule has 0 saturated carbocycles. The Labute approximate surface area is 236 Å². The Hall–Kier alpha value is -3.47. The van der Waals surface area contributed by atoms with Crippen LogP contribution in [0.3, 0.4) is 0 Å². The maximum Gasteiger partial charge on any atom is 0.303 e. The average molecular weight is 582 g/mol. The van der Waals surface area contributed by atoms with Gasteiger partial charge in [-0.3, -0.25) is 14.4 Å². The van der Waals surface area contributed by atoms with Crippen LogP contribution in [0.2, 0.25) is 0 Å². The first-order chi connectivity index (χ1) is 19.3. The quantitative estimate of drug-likeness (QED) is 0.300. The van der Waals surface area contributed by atoms with Gasteiger partial charge in [-0.15, -0.1) is 0 Å². The number of halogens is 4. The summed E-state index contributed by atoms with van der Waals surface area (Å²) in [6.07, 6.45) is -2.80. The van der Waals surface area contributed by atoms with Gasteiger partial charge < -0.3 is 19.5 Å². The molecule has 1 amide bonds. The third-order valence-electron chi connectivity index (χ3n) is 6.92. The highest BCUT2D eigenvalue weighted by atomic mass is 19.3. The fourth-order valence-electron chi connectivity index (χ4n) is 5.16. The predicted octanol–water partition coefficient (Wildman–Crippen LogP) is 5.42. The molecule has 0 aromatic heterocycles. The molecule has 1 aliphatic rings. The molecule has 0 bridgehead atoms. The maximum absolute atomic E-state index is 15.2. The zero-order chi connectivity index (χ0) is 30.3. The van der Waals surface area contributed by atoms with Crippen molar-refractivity contribution >= 4 is 17.7 Å². The van der Waals surface area contributed by atoms with Gasteiger partial charge in [-0.25, -0.2) is 17.6 Å². The normalized spacial score (nSPS) is 15.1. The Morgan fingerprint density at radius 3 is 2.39 bits per heavy atom. The minimum Gasteiger partial charge on any atom is -0.494 e. The van der Waals surface area contributed by atoms with Crippen LogP contribution in [0.25, 0.3) is 0 Å². The zero-order valence-corrected chi connectivity index (χ0v) is 23.4. The van der Waals surface area contributed by atoms with Gasteiger partial charge in [0.15, 0.2) is 5.78 Å². The van der Waals surface area contributed by atoms with Crippen molar-refractivity contribution in [3.63, 3.8) is 0 Å². The highest BCUT2D eigenvalue weighted by Gasteiger charge is 2.36. The Bertz CT molecular complexity index is 1240. The van der Waals surface area contributed by atoms with E-state index in [0.29, 0.717) is 24.3 Å². The molecule has 1 heterocycles. The van der Waals surface area contributed by atoms with E-state index in [2.05, 4.69) is 0 Å². The summed E-state index contributed by atoms with van der Waals surface area (Å²) in [6, 6.07) is 6.23. The summed E-state index contributed by atoms with van der Waals surface area (Å²) in [5, 5.41) is 8.93. The van der Waals surface area contributed by atoms with Crippen molar-refractivity contribution in [1.29, 1.82) is 0 Å². The number of fused-ring (bicyclic) bond motifs is 1. The second-order valence-electron chi connectivity index (χ2n) is 10.6. The molecule has 2 aromatic carbocycles. The third-order valence-corrected chi connectivity index (χ3v) is 6.92. The molecule has 1 aliphatic heterocycles. The van der Waals surface area contributed by atoms with Crippen molar-refractivity contribution in [2.24, 2.45) is 0 Å². The van der Waals surface area contributed by atoms with E-state index in [0.717, 1.165) is 17.7 Å². The summed E-state index contributed by atoms with van der Waals surface area (Å²) < 4.78 is 65.7. The molecule has 7 nitrogen and oxygen atoms in total. The second kappa shape index (κ2) is 13.9. The monoisotopic (exact) mass is 581 g/mol. The second-order valence-corrected chi connectivity index (χ2v) is 10.6. The number of amides is 1. The van der Waals surface area contributed by atoms with Crippen LogP contribution in [-0.2, 0) is 37.4 Å². The van der Waals surface area contributed by atoms with E-state index < -0.39 is 47.9 Å². The number of ether oxygens (including phenoxy) is 2. The Kier molecular flexibility index (Phi) is 10.9. The standard InChI is InChI=1S/C30H35F4NO6/c1-4-41-20-8-9-21-19(15-20)10-11-35(26(37)6-5-7-27(38)39)29(21)24(36)14-18-12-22(31)28(23(32)13-18)30(2,3)17-40-16-25(33)34/h8-9,12-13,15,25,29H,4-7,10-11,14,16-17H2,1-3H3,(H,38,39)/t29-/m1/s1. The summed E-state index contributed by atoms with van der Waals surface area (Å²) in [6.45, 7) is 4.22. The number of hydrogen-bond donors (Lipinski definition) is 1. The van der Waals surface area contributed by atoms with Gasteiger partial charge in [0.25, 0.3) is 6.43 Å². The number of benzene rings is 2. The number of ketones is 1. The molecule has 3 rings (SSSR count). The fraction of sp³-hybridized carbons (Fsp3) is 0.500. The Balaban J connectivity index is 1.89. The molecule has 1 atom stereocenters. The minimum atomic E-state index is -2.71. The highest BCUT2D eigenvalue weighted by molar-refractivity contribution is 5.92. The minimum absolute atomic E-state index is 0.0504. The number of aliphatic carboxylic acids is 1. The van der Waals surface area contributed by atoms with E-state index in [4.69, 9.17) is 14.6 Å². The first-order valence-corrected chi connectivity index (χ1v) is 13.5. The van der Waals surface area contributed by atoms with Crippen LogP contribution in [-0.4, -0.2) is 60.5 Å². The van der Waals surface area contributed by atoms with Crippen LogP contribution < -0.4 is 4.74 Å². The lowest BCUT2D eigenvalue weighted by molar-refractivity contribution is -0.141. The largest absolute Gasteiger partial charge is 0.494 e. The number of carboxylic acid groups (broad SMARTS) is 1. The maximum atomic E-state index is 15.2. The first-order valence-electron chi connectivity index (χ1n) is 13.5. The molecule has 1 N–H and O–H groups in total. The van der Waals surface area contributed by atoms with E-state index >= 15 is 8.78 Å². The number of alkyl halides is 2. The molecular formula is C30H35F4NO6. The molecule has 11 heteroatoms. The van der Waals surface area contributed by atoms with Gasteiger partial charge >= 0.3 is 5.97 Å². The molecule has 0 fully saturated rings. The van der Waals surface area contributed by atoms with E-state index in [-0.39, 0.29) is 55.9 Å². The average Bonchev–Trinajstić information content (AvgIpc) is 2.86. The van der Waals surface area contributed by atoms with Crippen LogP contribution in [0.15, 0.2) is 30.3 Å². The lowest BCUT2D eigenvalue weighted by atomic mass is 9.83. The van der Waals surface area contributed by atoms with Gasteiger partial charge in [0, 0.05) is 36.8 Å². The highest BCUT2D eigenvalue weighted by Crippen LogP contribution is 2.35. The molecule has 0 radical (unpaired) electrons. The lowest BCUT2D eigenvalue weighted by Gasteiger charge is -2.37. The molecule has 0 spiro atoms. The van der Waals surface area contributed by atoms with E-state index in [1.807, 2.05) is 6.92 Å². The van der Waals surface area contributed by atoms with E-state index in [1.54, 1.807) is 18.2 Å². The number of nitrogens with zero attached hydrogens (tertiary/aromatic N) is 1. The van der Waals surface area contributed by atoms with Crippen molar-refractivity contribution < 1.29 is 46.5 Å². The fourth-order valence-corrected chi connectivity index (χ4v) is 5.16. The van der Waals surface area contributed by atoms with Gasteiger partial charge in [0.1, 0.15) is 30.0 Å². The van der Waals surface area contributed by atoms with Crippen molar-refractivity contribution in [3.05, 3.63) is 64.2 Å². The van der Waals surface area contributed by atoms with E-state index in [9.17, 15) is 23.2 Å². The van der Waals surface area contributed by atoms with Crippen LogP contribution in [0.1, 0.15) is 68.3 Å².